The third-order valence-corrected chi connectivity index (χ3v) is 3.24. The number of aryl methyl sites for hydroxylation is 1. The van der Waals surface area contributed by atoms with Crippen LogP contribution in [0.1, 0.15) is 10.4 Å². The molecule has 0 atom stereocenters. The molecule has 5 heteroatoms. The van der Waals surface area contributed by atoms with Crippen molar-refractivity contribution in [1.82, 2.24) is 5.43 Å². The van der Waals surface area contributed by atoms with E-state index in [0.29, 0.717) is 0 Å². The normalized spacial score (nSPS) is 10.6. The first-order chi connectivity index (χ1) is 9.24. The van der Waals surface area contributed by atoms with Gasteiger partial charge in [0, 0.05) is 10.6 Å². The van der Waals surface area contributed by atoms with Gasteiger partial charge in [0.1, 0.15) is 0 Å². The molecule has 2 rings (SSSR count). The molecule has 4 nitrogen and oxygen atoms in total. The van der Waals surface area contributed by atoms with Gasteiger partial charge in [-0.25, -0.2) is 5.43 Å². The van der Waals surface area contributed by atoms with Crippen LogP contribution in [-0.2, 0) is 4.79 Å². The van der Waals surface area contributed by atoms with E-state index in [4.69, 9.17) is 0 Å². The SMILES string of the molecule is Cc1ccc(NCC(=O)N/N=C\c2cccs2)cc1. The first kappa shape index (κ1) is 13.3. The van der Waals surface area contributed by atoms with Crippen LogP contribution in [0.4, 0.5) is 5.69 Å². The summed E-state index contributed by atoms with van der Waals surface area (Å²) in [5.41, 5.74) is 4.59. The number of hydrazone groups is 1. The molecule has 19 heavy (non-hydrogen) atoms. The van der Waals surface area contributed by atoms with Gasteiger partial charge >= 0.3 is 0 Å². The van der Waals surface area contributed by atoms with E-state index in [1.165, 1.54) is 5.56 Å². The molecule has 0 fully saturated rings. The minimum atomic E-state index is -0.173. The Bertz CT molecular complexity index is 547. The van der Waals surface area contributed by atoms with E-state index in [2.05, 4.69) is 15.8 Å². The fraction of sp³-hybridized carbons (Fsp3) is 0.143. The zero-order valence-corrected chi connectivity index (χ0v) is 11.4. The van der Waals surface area contributed by atoms with Crippen LogP contribution in [0.25, 0.3) is 0 Å². The molecule has 0 aliphatic carbocycles. The summed E-state index contributed by atoms with van der Waals surface area (Å²) >= 11 is 1.57. The molecule has 1 aromatic carbocycles. The lowest BCUT2D eigenvalue weighted by Crippen LogP contribution is -2.25. The highest BCUT2D eigenvalue weighted by Gasteiger charge is 1.99. The minimum Gasteiger partial charge on any atom is -0.376 e. The summed E-state index contributed by atoms with van der Waals surface area (Å²) in [5, 5.41) is 8.88. The molecule has 98 valence electrons. The number of nitrogens with zero attached hydrogens (tertiary/aromatic N) is 1. The fourth-order valence-corrected chi connectivity index (χ4v) is 2.01. The molecular formula is C14H15N3OS. The van der Waals surface area contributed by atoms with Crippen LogP contribution in [0.15, 0.2) is 46.9 Å². The number of nitrogens with one attached hydrogen (secondary N) is 2. The highest BCUT2D eigenvalue weighted by atomic mass is 32.1. The van der Waals surface area contributed by atoms with Gasteiger partial charge in [-0.3, -0.25) is 4.79 Å². The van der Waals surface area contributed by atoms with Gasteiger partial charge in [-0.1, -0.05) is 23.8 Å². The fourth-order valence-electron chi connectivity index (χ4n) is 1.43. The number of benzene rings is 1. The van der Waals surface area contributed by atoms with Crippen molar-refractivity contribution in [2.45, 2.75) is 6.92 Å². The molecule has 0 saturated heterocycles. The van der Waals surface area contributed by atoms with Crippen LogP contribution in [0.2, 0.25) is 0 Å². The summed E-state index contributed by atoms with van der Waals surface area (Å²) in [6.45, 7) is 2.22. The predicted molar refractivity (Wildman–Crippen MR) is 79.7 cm³/mol. The quantitative estimate of drug-likeness (QED) is 0.650. The van der Waals surface area contributed by atoms with Gasteiger partial charge < -0.3 is 5.32 Å². The molecule has 0 radical (unpaired) electrons. The van der Waals surface area contributed by atoms with Gasteiger partial charge in [-0.05, 0) is 30.5 Å². The Morgan fingerprint density at radius 1 is 1.32 bits per heavy atom. The lowest BCUT2D eigenvalue weighted by molar-refractivity contribution is -0.119. The lowest BCUT2D eigenvalue weighted by Gasteiger charge is -2.05. The van der Waals surface area contributed by atoms with Crippen molar-refractivity contribution in [1.29, 1.82) is 0 Å². The first-order valence-corrected chi connectivity index (χ1v) is 6.78. The van der Waals surface area contributed by atoms with Crippen molar-refractivity contribution in [3.8, 4) is 0 Å². The number of hydrogen-bond donors (Lipinski definition) is 2. The summed E-state index contributed by atoms with van der Waals surface area (Å²) < 4.78 is 0. The van der Waals surface area contributed by atoms with Crippen LogP contribution in [0.5, 0.6) is 0 Å². The molecule has 1 aromatic heterocycles. The largest absolute Gasteiger partial charge is 0.376 e. The van der Waals surface area contributed by atoms with E-state index in [9.17, 15) is 4.79 Å². The van der Waals surface area contributed by atoms with Gasteiger partial charge in [0.25, 0.3) is 5.91 Å². The third kappa shape index (κ3) is 4.56. The van der Waals surface area contributed by atoms with Crippen molar-refractivity contribution >= 4 is 29.1 Å². The Hall–Kier alpha value is -2.14. The lowest BCUT2D eigenvalue weighted by atomic mass is 10.2. The molecule has 2 aromatic rings. The molecule has 2 N–H and O–H groups in total. The number of carbonyl (C=O) groups excluding carboxylic acids is 1. The van der Waals surface area contributed by atoms with Gasteiger partial charge in [-0.15, -0.1) is 11.3 Å². The van der Waals surface area contributed by atoms with E-state index in [-0.39, 0.29) is 12.5 Å². The van der Waals surface area contributed by atoms with Gasteiger partial charge in [0.2, 0.25) is 0 Å². The third-order valence-electron chi connectivity index (χ3n) is 2.43. The maximum atomic E-state index is 11.5. The van der Waals surface area contributed by atoms with Crippen molar-refractivity contribution in [2.24, 2.45) is 5.10 Å². The molecular weight excluding hydrogens is 258 g/mol. The van der Waals surface area contributed by atoms with Gasteiger partial charge in [0.05, 0.1) is 12.8 Å². The molecule has 0 aliphatic heterocycles. The number of anilines is 1. The topological polar surface area (TPSA) is 53.5 Å². The van der Waals surface area contributed by atoms with Crippen molar-refractivity contribution in [2.75, 3.05) is 11.9 Å². The van der Waals surface area contributed by atoms with Crippen molar-refractivity contribution < 1.29 is 4.79 Å². The molecule has 0 unspecified atom stereocenters. The van der Waals surface area contributed by atoms with Crippen LogP contribution in [0, 0.1) is 6.92 Å². The standard InChI is InChI=1S/C14H15N3OS/c1-11-4-6-12(7-5-11)15-10-14(18)17-16-9-13-3-2-8-19-13/h2-9,15H,10H2,1H3,(H,17,18)/b16-9-. The number of rotatable bonds is 5. The number of carbonyl (C=O) groups is 1. The maximum absolute atomic E-state index is 11.5. The molecule has 1 amide bonds. The summed E-state index contributed by atoms with van der Waals surface area (Å²) in [6.07, 6.45) is 1.63. The van der Waals surface area contributed by atoms with Crippen LogP contribution >= 0.6 is 11.3 Å². The average molecular weight is 273 g/mol. The monoisotopic (exact) mass is 273 g/mol. The van der Waals surface area contributed by atoms with E-state index < -0.39 is 0 Å². The summed E-state index contributed by atoms with van der Waals surface area (Å²) in [6, 6.07) is 11.7. The van der Waals surface area contributed by atoms with Crippen LogP contribution < -0.4 is 10.7 Å². The second-order valence-corrected chi connectivity index (χ2v) is 5.01. The van der Waals surface area contributed by atoms with Gasteiger partial charge in [0.15, 0.2) is 0 Å². The summed E-state index contributed by atoms with van der Waals surface area (Å²) in [5.74, 6) is -0.173. The number of hydrogen-bond acceptors (Lipinski definition) is 4. The number of amides is 1. The molecule has 0 bridgehead atoms. The smallest absolute Gasteiger partial charge is 0.259 e. The Morgan fingerprint density at radius 3 is 2.79 bits per heavy atom. The summed E-state index contributed by atoms with van der Waals surface area (Å²) in [7, 11) is 0. The Balaban J connectivity index is 1.74. The second-order valence-electron chi connectivity index (χ2n) is 4.03. The number of thiophene rings is 1. The zero-order valence-electron chi connectivity index (χ0n) is 10.6. The predicted octanol–water partition coefficient (Wildman–Crippen LogP) is 2.62. The Kier molecular flexibility index (Phi) is 4.69. The molecule has 0 saturated carbocycles. The minimum absolute atomic E-state index is 0.173. The Labute approximate surface area is 116 Å². The highest BCUT2D eigenvalue weighted by molar-refractivity contribution is 7.11. The van der Waals surface area contributed by atoms with Crippen LogP contribution in [0.3, 0.4) is 0 Å². The van der Waals surface area contributed by atoms with E-state index in [1.807, 2.05) is 48.7 Å². The zero-order chi connectivity index (χ0) is 13.5. The average Bonchev–Trinajstić information content (AvgIpc) is 2.91. The highest BCUT2D eigenvalue weighted by Crippen LogP contribution is 2.07. The molecule has 1 heterocycles. The Morgan fingerprint density at radius 2 is 2.11 bits per heavy atom. The van der Waals surface area contributed by atoms with Gasteiger partial charge in [-0.2, -0.15) is 5.10 Å². The first-order valence-electron chi connectivity index (χ1n) is 5.90. The van der Waals surface area contributed by atoms with Crippen molar-refractivity contribution in [3.05, 3.63) is 52.2 Å². The van der Waals surface area contributed by atoms with E-state index in [1.54, 1.807) is 17.6 Å². The van der Waals surface area contributed by atoms with E-state index >= 15 is 0 Å². The maximum Gasteiger partial charge on any atom is 0.259 e. The second kappa shape index (κ2) is 6.70. The molecule has 0 aliphatic rings. The van der Waals surface area contributed by atoms with E-state index in [0.717, 1.165) is 10.6 Å². The molecule has 0 spiro atoms. The van der Waals surface area contributed by atoms with Crippen molar-refractivity contribution in [3.63, 3.8) is 0 Å². The summed E-state index contributed by atoms with van der Waals surface area (Å²) in [4.78, 5) is 12.5. The van der Waals surface area contributed by atoms with Crippen LogP contribution in [-0.4, -0.2) is 18.7 Å².